The number of hydrogen-bond donors (Lipinski definition) is 2. The SMILES string of the molecule is COc1cc(OC2CC(N(C)CC3CCN(c4ccc(C(=O)NC5C(C)(C)C(Oc6cc(C)c(C#N)c(C)c6)C5(C)C)cc4)CC3)C2)cc2c1C(=O)N(C1CCC(=O)NC1=O)C2=O. The Hall–Kier alpha value is -5.94. The van der Waals surface area contributed by atoms with E-state index in [9.17, 15) is 29.2 Å². The van der Waals surface area contributed by atoms with Gasteiger partial charge in [0.1, 0.15) is 35.5 Å². The molecular formula is C49H58N6O8. The molecule has 1 atom stereocenters. The highest BCUT2D eigenvalue weighted by molar-refractivity contribution is 6.24. The highest BCUT2D eigenvalue weighted by Gasteiger charge is 2.64. The molecule has 3 heterocycles. The zero-order valence-electron chi connectivity index (χ0n) is 37.5. The Morgan fingerprint density at radius 2 is 1.54 bits per heavy atom. The molecule has 8 rings (SSSR count). The van der Waals surface area contributed by atoms with Crippen molar-refractivity contribution < 1.29 is 38.2 Å². The Kier molecular flexibility index (Phi) is 11.5. The molecule has 0 radical (unpaired) electrons. The van der Waals surface area contributed by atoms with Gasteiger partial charge in [0, 0.05) is 79.1 Å². The third-order valence-electron chi connectivity index (χ3n) is 14.3. The minimum Gasteiger partial charge on any atom is -0.496 e. The van der Waals surface area contributed by atoms with Gasteiger partial charge < -0.3 is 29.3 Å². The predicted octanol–water partition coefficient (Wildman–Crippen LogP) is 5.96. The third-order valence-corrected chi connectivity index (χ3v) is 14.3. The van der Waals surface area contributed by atoms with Crippen molar-refractivity contribution in [3.05, 3.63) is 81.9 Å². The number of anilines is 1. The molecular weight excluding hydrogens is 801 g/mol. The van der Waals surface area contributed by atoms with Crippen molar-refractivity contribution in [3.63, 3.8) is 0 Å². The minimum atomic E-state index is -1.06. The number of carbonyl (C=O) groups is 5. The summed E-state index contributed by atoms with van der Waals surface area (Å²) in [5, 5.41) is 15.0. The molecule has 332 valence electrons. The highest BCUT2D eigenvalue weighted by atomic mass is 16.5. The van der Waals surface area contributed by atoms with Crippen molar-refractivity contribution >= 4 is 35.2 Å². The van der Waals surface area contributed by atoms with Crippen LogP contribution >= 0.6 is 0 Å². The van der Waals surface area contributed by atoms with Gasteiger partial charge in [0.25, 0.3) is 17.7 Å². The van der Waals surface area contributed by atoms with E-state index < -0.39 is 29.7 Å². The van der Waals surface area contributed by atoms with E-state index in [4.69, 9.17) is 14.2 Å². The Morgan fingerprint density at radius 1 is 0.905 bits per heavy atom. The first-order chi connectivity index (χ1) is 29.9. The standard InChI is InChI=1S/C49H58N6O8/c1-27-19-33(20-28(2)37(27)25-50)63-47-48(3,4)46(49(47,5)6)52-42(57)30-9-11-31(12-10-30)54-17-15-29(16-18-54)26-53(7)32-21-34(22-32)62-35-23-36-41(39(24-35)61-8)45(60)55(44(36)59)38-13-14-40(56)51-43(38)58/h9-12,19-20,23-24,29,32,34,38,46-47H,13-18,21-22,26H2,1-8H3,(H,52,57)(H,51,56,58). The number of aryl methyl sites for hydroxylation is 2. The summed E-state index contributed by atoms with van der Waals surface area (Å²) in [4.78, 5) is 70.3. The summed E-state index contributed by atoms with van der Waals surface area (Å²) in [5.41, 5.74) is 3.78. The number of benzene rings is 3. The minimum absolute atomic E-state index is 0.0464. The molecule has 0 bridgehead atoms. The third kappa shape index (κ3) is 8.01. The average Bonchev–Trinajstić information content (AvgIpc) is 3.47. The van der Waals surface area contributed by atoms with E-state index in [0.29, 0.717) is 28.8 Å². The van der Waals surface area contributed by atoms with E-state index in [0.717, 1.165) is 72.8 Å². The van der Waals surface area contributed by atoms with E-state index in [1.54, 1.807) is 12.1 Å². The lowest BCUT2D eigenvalue weighted by Gasteiger charge is -2.63. The number of piperidine rings is 2. The maximum atomic E-state index is 13.6. The van der Waals surface area contributed by atoms with E-state index >= 15 is 0 Å². The van der Waals surface area contributed by atoms with Crippen LogP contribution in [0.3, 0.4) is 0 Å². The van der Waals surface area contributed by atoms with E-state index in [1.807, 2.05) is 50.2 Å². The molecule has 5 aliphatic rings. The van der Waals surface area contributed by atoms with Crippen molar-refractivity contribution in [2.24, 2.45) is 16.7 Å². The molecule has 5 amide bonds. The molecule has 14 nitrogen and oxygen atoms in total. The first kappa shape index (κ1) is 43.7. The van der Waals surface area contributed by atoms with Gasteiger partial charge in [-0.15, -0.1) is 0 Å². The van der Waals surface area contributed by atoms with Crippen LogP contribution < -0.4 is 29.7 Å². The number of ether oxygens (including phenoxy) is 3. The van der Waals surface area contributed by atoms with Crippen LogP contribution in [0, 0.1) is 41.9 Å². The molecule has 14 heteroatoms. The smallest absolute Gasteiger partial charge is 0.266 e. The predicted molar refractivity (Wildman–Crippen MR) is 235 cm³/mol. The average molecular weight is 859 g/mol. The van der Waals surface area contributed by atoms with Crippen molar-refractivity contribution in [3.8, 4) is 23.3 Å². The van der Waals surface area contributed by atoms with Crippen molar-refractivity contribution in [2.45, 2.75) is 110 Å². The molecule has 4 fully saturated rings. The van der Waals surface area contributed by atoms with E-state index in [2.05, 4.69) is 61.2 Å². The van der Waals surface area contributed by atoms with Crippen LogP contribution in [0.4, 0.5) is 5.69 Å². The number of hydrogen-bond acceptors (Lipinski definition) is 11. The van der Waals surface area contributed by atoms with Crippen LogP contribution in [0.15, 0.2) is 48.5 Å². The van der Waals surface area contributed by atoms with Crippen molar-refractivity contribution in [1.82, 2.24) is 20.4 Å². The summed E-state index contributed by atoms with van der Waals surface area (Å²) in [5.74, 6) is -0.464. The summed E-state index contributed by atoms with van der Waals surface area (Å²) >= 11 is 0. The quantitative estimate of drug-likeness (QED) is 0.206. The lowest BCUT2D eigenvalue weighted by atomic mass is 9.49. The van der Waals surface area contributed by atoms with Gasteiger partial charge in [-0.05, 0) is 99.7 Å². The van der Waals surface area contributed by atoms with Gasteiger partial charge >= 0.3 is 0 Å². The fourth-order valence-electron chi connectivity index (χ4n) is 11.0. The van der Waals surface area contributed by atoms with Crippen molar-refractivity contribution in [1.29, 1.82) is 5.26 Å². The Balaban J connectivity index is 0.788. The summed E-state index contributed by atoms with van der Waals surface area (Å²) in [6.45, 7) is 15.2. The van der Waals surface area contributed by atoms with Crippen LogP contribution in [0.25, 0.3) is 0 Å². The van der Waals surface area contributed by atoms with Gasteiger partial charge in [-0.25, -0.2) is 0 Å². The number of methoxy groups -OCH3 is 1. The number of nitrogens with zero attached hydrogens (tertiary/aromatic N) is 4. The molecule has 1 unspecified atom stereocenters. The molecule has 2 aliphatic carbocycles. The lowest BCUT2D eigenvalue weighted by molar-refractivity contribution is -0.164. The van der Waals surface area contributed by atoms with Crippen LogP contribution in [-0.2, 0) is 9.59 Å². The zero-order chi connectivity index (χ0) is 45.1. The summed E-state index contributed by atoms with van der Waals surface area (Å²) in [6.07, 6.45) is 3.71. The van der Waals surface area contributed by atoms with Crippen LogP contribution in [0.2, 0.25) is 0 Å². The maximum Gasteiger partial charge on any atom is 0.266 e. The van der Waals surface area contributed by atoms with Gasteiger partial charge in [-0.1, -0.05) is 27.7 Å². The summed E-state index contributed by atoms with van der Waals surface area (Å²) in [7, 11) is 3.59. The fourth-order valence-corrected chi connectivity index (χ4v) is 11.0. The Bertz CT molecular complexity index is 2350. The van der Waals surface area contributed by atoms with Gasteiger partial charge in [-0.3, -0.25) is 34.2 Å². The first-order valence-corrected chi connectivity index (χ1v) is 22.1. The van der Waals surface area contributed by atoms with E-state index in [-0.39, 0.29) is 64.7 Å². The molecule has 3 aromatic carbocycles. The van der Waals surface area contributed by atoms with Gasteiger partial charge in [0.05, 0.1) is 29.9 Å². The normalized spacial score (nSPS) is 25.1. The highest BCUT2D eigenvalue weighted by Crippen LogP contribution is 2.55. The summed E-state index contributed by atoms with van der Waals surface area (Å²) in [6, 6.07) is 16.4. The topological polar surface area (TPSA) is 171 Å². The number of imide groups is 2. The Labute approximate surface area is 369 Å². The number of rotatable bonds is 12. The lowest BCUT2D eigenvalue weighted by Crippen LogP contribution is -2.74. The van der Waals surface area contributed by atoms with E-state index in [1.165, 1.54) is 7.11 Å². The zero-order valence-corrected chi connectivity index (χ0v) is 37.5. The number of nitrogens with one attached hydrogen (secondary N) is 2. The first-order valence-electron chi connectivity index (χ1n) is 22.1. The maximum absolute atomic E-state index is 13.6. The van der Waals surface area contributed by atoms with Gasteiger partial charge in [0.15, 0.2) is 0 Å². The molecule has 2 saturated carbocycles. The molecule has 2 saturated heterocycles. The van der Waals surface area contributed by atoms with Crippen LogP contribution in [0.1, 0.15) is 114 Å². The van der Waals surface area contributed by atoms with Gasteiger partial charge in [-0.2, -0.15) is 5.26 Å². The number of nitriles is 1. The monoisotopic (exact) mass is 858 g/mol. The second-order valence-corrected chi connectivity index (χ2v) is 19.4. The molecule has 0 spiro atoms. The molecule has 63 heavy (non-hydrogen) atoms. The second-order valence-electron chi connectivity index (χ2n) is 19.4. The Morgan fingerprint density at radius 3 is 2.14 bits per heavy atom. The molecule has 0 aromatic heterocycles. The summed E-state index contributed by atoms with van der Waals surface area (Å²) < 4.78 is 18.4. The fraction of sp³-hybridized carbons (Fsp3) is 0.510. The molecule has 3 aliphatic heterocycles. The van der Waals surface area contributed by atoms with Crippen molar-refractivity contribution in [2.75, 3.05) is 38.7 Å². The van der Waals surface area contributed by atoms with Crippen LogP contribution in [-0.4, -0.2) is 103 Å². The largest absolute Gasteiger partial charge is 0.496 e. The number of amides is 5. The molecule has 2 N–H and O–H groups in total. The van der Waals surface area contributed by atoms with Gasteiger partial charge in [0.2, 0.25) is 11.8 Å². The van der Waals surface area contributed by atoms with Crippen LogP contribution in [0.5, 0.6) is 17.2 Å². The second kappa shape index (κ2) is 16.6. The number of carbonyl (C=O) groups excluding carboxylic acids is 5. The molecule has 3 aromatic rings. The number of fused-ring (bicyclic) bond motifs is 1.